The van der Waals surface area contributed by atoms with Crippen LogP contribution in [0.15, 0.2) is 71.0 Å². The first-order valence-corrected chi connectivity index (χ1v) is 11.3. The Morgan fingerprint density at radius 1 is 1.14 bits per heavy atom. The van der Waals surface area contributed by atoms with E-state index in [0.717, 1.165) is 9.20 Å². The molecule has 2 N–H and O–H groups in total. The zero-order valence-corrected chi connectivity index (χ0v) is 17.8. The molecule has 9 heteroatoms. The van der Waals surface area contributed by atoms with Crippen molar-refractivity contribution in [3.63, 3.8) is 0 Å². The Labute approximate surface area is 175 Å². The standard InChI is InChI=1S/C20H23N3O4S2/c1-4-13-21-20(25)17-7-5-6-8-18(17)22-19(24)14-23(2)29(26,27)16-11-9-15(28-3)10-12-16/h4-12H,1,13-14H2,2-3H3,(H,21,25)(H,22,24). The third kappa shape index (κ3) is 5.93. The summed E-state index contributed by atoms with van der Waals surface area (Å²) in [4.78, 5) is 25.7. The average molecular weight is 434 g/mol. The van der Waals surface area contributed by atoms with Crippen molar-refractivity contribution in [3.05, 3.63) is 66.7 Å². The number of sulfonamides is 1. The number of rotatable bonds is 9. The molecule has 0 aliphatic heterocycles. The molecular weight excluding hydrogens is 410 g/mol. The summed E-state index contributed by atoms with van der Waals surface area (Å²) in [5.41, 5.74) is 0.579. The number of thioether (sulfide) groups is 1. The van der Waals surface area contributed by atoms with E-state index in [2.05, 4.69) is 17.2 Å². The van der Waals surface area contributed by atoms with E-state index in [4.69, 9.17) is 0 Å². The van der Waals surface area contributed by atoms with Crippen LogP contribution in [-0.4, -0.2) is 50.9 Å². The van der Waals surface area contributed by atoms with Gasteiger partial charge < -0.3 is 10.6 Å². The second-order valence-corrected chi connectivity index (χ2v) is 8.95. The van der Waals surface area contributed by atoms with Gasteiger partial charge in [-0.3, -0.25) is 9.59 Å². The summed E-state index contributed by atoms with van der Waals surface area (Å²) >= 11 is 1.51. The molecule has 0 fully saturated rings. The van der Waals surface area contributed by atoms with Crippen LogP contribution in [0.1, 0.15) is 10.4 Å². The molecule has 29 heavy (non-hydrogen) atoms. The van der Waals surface area contributed by atoms with Gasteiger partial charge >= 0.3 is 0 Å². The van der Waals surface area contributed by atoms with E-state index >= 15 is 0 Å². The van der Waals surface area contributed by atoms with E-state index in [1.807, 2.05) is 6.26 Å². The quantitative estimate of drug-likeness (QED) is 0.468. The van der Waals surface area contributed by atoms with Gasteiger partial charge in [0.15, 0.2) is 0 Å². The fraction of sp³-hybridized carbons (Fsp3) is 0.200. The Balaban J connectivity index is 2.10. The number of carbonyl (C=O) groups excluding carboxylic acids is 2. The van der Waals surface area contributed by atoms with Crippen molar-refractivity contribution in [3.8, 4) is 0 Å². The van der Waals surface area contributed by atoms with Crippen molar-refractivity contribution in [1.82, 2.24) is 9.62 Å². The lowest BCUT2D eigenvalue weighted by molar-refractivity contribution is -0.116. The van der Waals surface area contributed by atoms with Crippen LogP contribution in [0.5, 0.6) is 0 Å². The summed E-state index contributed by atoms with van der Waals surface area (Å²) < 4.78 is 26.3. The number of anilines is 1. The van der Waals surface area contributed by atoms with Crippen LogP contribution in [0.25, 0.3) is 0 Å². The highest BCUT2D eigenvalue weighted by Crippen LogP contribution is 2.20. The fourth-order valence-corrected chi connectivity index (χ4v) is 3.99. The van der Waals surface area contributed by atoms with E-state index in [1.165, 1.54) is 30.9 Å². The highest BCUT2D eigenvalue weighted by Gasteiger charge is 2.23. The highest BCUT2D eigenvalue weighted by atomic mass is 32.2. The zero-order valence-electron chi connectivity index (χ0n) is 16.2. The lowest BCUT2D eigenvalue weighted by atomic mass is 10.1. The van der Waals surface area contributed by atoms with Crippen LogP contribution >= 0.6 is 11.8 Å². The Hall–Kier alpha value is -2.62. The first kappa shape index (κ1) is 22.7. The summed E-state index contributed by atoms with van der Waals surface area (Å²) in [5.74, 6) is -0.920. The molecule has 0 radical (unpaired) electrons. The van der Waals surface area contributed by atoms with Gasteiger partial charge in [0.25, 0.3) is 5.91 Å². The molecule has 0 aliphatic carbocycles. The fourth-order valence-electron chi connectivity index (χ4n) is 2.45. The number of hydrogen-bond acceptors (Lipinski definition) is 5. The topological polar surface area (TPSA) is 95.6 Å². The Kier molecular flexibility index (Phi) is 8.00. The molecule has 2 aromatic carbocycles. The van der Waals surface area contributed by atoms with Gasteiger partial charge in [0, 0.05) is 18.5 Å². The largest absolute Gasteiger partial charge is 0.349 e. The van der Waals surface area contributed by atoms with E-state index < -0.39 is 22.5 Å². The van der Waals surface area contributed by atoms with Crippen LogP contribution in [0, 0.1) is 0 Å². The Bertz CT molecular complexity index is 989. The summed E-state index contributed by atoms with van der Waals surface area (Å²) in [5, 5.41) is 5.25. The van der Waals surface area contributed by atoms with Crippen LogP contribution in [-0.2, 0) is 14.8 Å². The van der Waals surface area contributed by atoms with Gasteiger partial charge in [-0.15, -0.1) is 18.3 Å². The van der Waals surface area contributed by atoms with Crippen molar-refractivity contribution in [2.75, 3.05) is 31.7 Å². The minimum Gasteiger partial charge on any atom is -0.349 e. The highest BCUT2D eigenvalue weighted by molar-refractivity contribution is 7.98. The van der Waals surface area contributed by atoms with E-state index in [0.29, 0.717) is 5.69 Å². The number of nitrogens with zero attached hydrogens (tertiary/aromatic N) is 1. The third-order valence-corrected chi connectivity index (χ3v) is 6.55. The lowest BCUT2D eigenvalue weighted by Gasteiger charge is -2.18. The molecule has 2 rings (SSSR count). The van der Waals surface area contributed by atoms with Gasteiger partial charge in [-0.2, -0.15) is 4.31 Å². The molecule has 0 aliphatic rings. The van der Waals surface area contributed by atoms with Crippen LogP contribution in [0.2, 0.25) is 0 Å². The molecule has 0 saturated heterocycles. The Morgan fingerprint density at radius 2 is 1.79 bits per heavy atom. The first-order valence-electron chi connectivity index (χ1n) is 8.68. The predicted molar refractivity (Wildman–Crippen MR) is 116 cm³/mol. The molecule has 0 atom stereocenters. The van der Waals surface area contributed by atoms with Crippen molar-refractivity contribution in [2.24, 2.45) is 0 Å². The molecule has 0 spiro atoms. The van der Waals surface area contributed by atoms with E-state index in [1.54, 1.807) is 42.5 Å². The van der Waals surface area contributed by atoms with Crippen LogP contribution < -0.4 is 10.6 Å². The summed E-state index contributed by atoms with van der Waals surface area (Å²) in [6.07, 6.45) is 3.44. The summed E-state index contributed by atoms with van der Waals surface area (Å²) in [6.45, 7) is 3.43. The van der Waals surface area contributed by atoms with Gasteiger partial charge in [-0.05, 0) is 42.7 Å². The molecule has 0 saturated carbocycles. The number of amides is 2. The van der Waals surface area contributed by atoms with Gasteiger partial charge in [-0.1, -0.05) is 18.2 Å². The molecule has 0 unspecified atom stereocenters. The second kappa shape index (κ2) is 10.2. The molecular formula is C20H23N3O4S2. The van der Waals surface area contributed by atoms with Crippen molar-refractivity contribution in [2.45, 2.75) is 9.79 Å². The maximum absolute atomic E-state index is 12.7. The van der Waals surface area contributed by atoms with Crippen molar-refractivity contribution in [1.29, 1.82) is 0 Å². The monoisotopic (exact) mass is 433 g/mol. The normalized spacial score (nSPS) is 11.1. The summed E-state index contributed by atoms with van der Waals surface area (Å²) in [6, 6.07) is 12.9. The van der Waals surface area contributed by atoms with E-state index in [9.17, 15) is 18.0 Å². The van der Waals surface area contributed by atoms with Gasteiger partial charge in [-0.25, -0.2) is 8.42 Å². The van der Waals surface area contributed by atoms with E-state index in [-0.39, 0.29) is 22.9 Å². The van der Waals surface area contributed by atoms with Crippen LogP contribution in [0.3, 0.4) is 0 Å². The number of hydrogen-bond donors (Lipinski definition) is 2. The second-order valence-electron chi connectivity index (χ2n) is 6.03. The molecule has 7 nitrogen and oxygen atoms in total. The lowest BCUT2D eigenvalue weighted by Crippen LogP contribution is -2.35. The SMILES string of the molecule is C=CCNC(=O)c1ccccc1NC(=O)CN(C)S(=O)(=O)c1ccc(SC)cc1. The maximum Gasteiger partial charge on any atom is 0.253 e. The molecule has 154 valence electrons. The third-order valence-electron chi connectivity index (χ3n) is 3.99. The zero-order chi connectivity index (χ0) is 21.4. The average Bonchev–Trinajstić information content (AvgIpc) is 2.72. The summed E-state index contributed by atoms with van der Waals surface area (Å²) in [7, 11) is -2.48. The van der Waals surface area contributed by atoms with Crippen molar-refractivity contribution >= 4 is 39.3 Å². The minimum absolute atomic E-state index is 0.106. The van der Waals surface area contributed by atoms with Gasteiger partial charge in [0.2, 0.25) is 15.9 Å². The number of benzene rings is 2. The van der Waals surface area contributed by atoms with Gasteiger partial charge in [0.1, 0.15) is 0 Å². The number of carbonyl (C=O) groups is 2. The molecule has 2 aromatic rings. The van der Waals surface area contributed by atoms with Gasteiger partial charge in [0.05, 0.1) is 22.7 Å². The van der Waals surface area contributed by atoms with Crippen molar-refractivity contribution < 1.29 is 18.0 Å². The number of likely N-dealkylation sites (N-methyl/N-ethyl adjacent to an activating group) is 1. The van der Waals surface area contributed by atoms with Crippen LogP contribution in [0.4, 0.5) is 5.69 Å². The number of nitrogens with one attached hydrogen (secondary N) is 2. The first-order chi connectivity index (χ1) is 13.8. The molecule has 0 bridgehead atoms. The maximum atomic E-state index is 12.7. The molecule has 0 aromatic heterocycles. The Morgan fingerprint density at radius 3 is 2.41 bits per heavy atom. The predicted octanol–water partition coefficient (Wildman–Crippen LogP) is 2.58. The number of para-hydroxylation sites is 1. The smallest absolute Gasteiger partial charge is 0.253 e. The molecule has 0 heterocycles. The minimum atomic E-state index is -3.82. The molecule has 2 amide bonds.